The van der Waals surface area contributed by atoms with E-state index in [1.807, 2.05) is 18.5 Å². The van der Waals surface area contributed by atoms with Gasteiger partial charge in [-0.2, -0.15) is 13.2 Å². The lowest BCUT2D eigenvalue weighted by Crippen LogP contribution is -2.37. The van der Waals surface area contributed by atoms with Crippen molar-refractivity contribution in [2.45, 2.75) is 42.9 Å². The minimum absolute atomic E-state index is 0.0866. The van der Waals surface area contributed by atoms with E-state index in [9.17, 15) is 13.2 Å². The van der Waals surface area contributed by atoms with Gasteiger partial charge < -0.3 is 13.9 Å². The van der Waals surface area contributed by atoms with Crippen molar-refractivity contribution in [1.82, 2.24) is 24.6 Å². The van der Waals surface area contributed by atoms with Crippen LogP contribution in [0.1, 0.15) is 36.1 Å². The zero-order valence-corrected chi connectivity index (χ0v) is 19.4. The summed E-state index contributed by atoms with van der Waals surface area (Å²) >= 11 is 1.68. The van der Waals surface area contributed by atoms with Crippen molar-refractivity contribution in [2.75, 3.05) is 25.4 Å². The Morgan fingerprint density at radius 3 is 2.67 bits per heavy atom. The first-order valence-corrected chi connectivity index (χ1v) is 12.1. The lowest BCUT2D eigenvalue weighted by molar-refractivity contribution is -0.137. The quantitative estimate of drug-likeness (QED) is 0.355. The number of fused-ring (bicyclic) bond motifs is 1. The molecule has 1 saturated carbocycles. The number of piperidine rings is 1. The molecule has 0 unspecified atom stereocenters. The first kappa shape index (κ1) is 22.5. The van der Waals surface area contributed by atoms with Crippen molar-refractivity contribution >= 4 is 11.8 Å². The maximum Gasteiger partial charge on any atom is 0.416 e. The van der Waals surface area contributed by atoms with Crippen LogP contribution in [0.15, 0.2) is 40.2 Å². The molecular formula is C23H26F3N5OS. The molecule has 6 nitrogen and oxygen atoms in total. The highest BCUT2D eigenvalue weighted by atomic mass is 32.2. The molecule has 2 atom stereocenters. The molecule has 1 aliphatic heterocycles. The second kappa shape index (κ2) is 8.47. The molecule has 3 aromatic rings. The molecule has 3 heterocycles. The van der Waals surface area contributed by atoms with E-state index in [0.717, 1.165) is 61.1 Å². The number of hydrogen-bond donors (Lipinski definition) is 0. The largest absolute Gasteiger partial charge is 0.440 e. The van der Waals surface area contributed by atoms with Gasteiger partial charge in [-0.05, 0) is 62.9 Å². The van der Waals surface area contributed by atoms with Gasteiger partial charge in [0.1, 0.15) is 0 Å². The third kappa shape index (κ3) is 4.30. The molecular weight excluding hydrogens is 451 g/mol. The molecule has 5 rings (SSSR count). The predicted octanol–water partition coefficient (Wildman–Crippen LogP) is 4.94. The van der Waals surface area contributed by atoms with E-state index in [2.05, 4.69) is 20.1 Å². The molecule has 0 spiro atoms. The highest BCUT2D eigenvalue weighted by molar-refractivity contribution is 7.99. The molecule has 2 aliphatic rings. The summed E-state index contributed by atoms with van der Waals surface area (Å²) in [6.07, 6.45) is 0.263. The van der Waals surface area contributed by atoms with Crippen LogP contribution in [-0.4, -0.2) is 50.0 Å². The third-order valence-electron chi connectivity index (χ3n) is 7.01. The van der Waals surface area contributed by atoms with E-state index in [4.69, 9.17) is 4.42 Å². The van der Waals surface area contributed by atoms with Crippen LogP contribution in [-0.2, 0) is 18.6 Å². The molecule has 2 fully saturated rings. The van der Waals surface area contributed by atoms with Crippen LogP contribution in [0.4, 0.5) is 13.2 Å². The van der Waals surface area contributed by atoms with Gasteiger partial charge in [0.15, 0.2) is 17.3 Å². The van der Waals surface area contributed by atoms with E-state index in [1.54, 1.807) is 23.9 Å². The monoisotopic (exact) mass is 477 g/mol. The number of aromatic nitrogens is 4. The highest BCUT2D eigenvalue weighted by Crippen LogP contribution is 2.59. The Balaban J connectivity index is 1.09. The summed E-state index contributed by atoms with van der Waals surface area (Å²) in [5.74, 6) is 2.80. The Morgan fingerprint density at radius 2 is 2.00 bits per heavy atom. The Hall–Kier alpha value is -2.33. The van der Waals surface area contributed by atoms with Crippen molar-refractivity contribution < 1.29 is 17.6 Å². The molecule has 0 bridgehead atoms. The van der Waals surface area contributed by atoms with Crippen molar-refractivity contribution in [3.05, 3.63) is 47.5 Å². The molecule has 10 heteroatoms. The smallest absolute Gasteiger partial charge is 0.416 e. The lowest BCUT2D eigenvalue weighted by Gasteiger charge is -2.32. The van der Waals surface area contributed by atoms with Crippen LogP contribution in [0.25, 0.3) is 11.6 Å². The molecule has 2 aromatic heterocycles. The van der Waals surface area contributed by atoms with Gasteiger partial charge in [-0.1, -0.05) is 23.9 Å². The molecule has 1 saturated heterocycles. The predicted molar refractivity (Wildman–Crippen MR) is 119 cm³/mol. The van der Waals surface area contributed by atoms with E-state index in [0.29, 0.717) is 17.5 Å². The number of benzene rings is 1. The summed E-state index contributed by atoms with van der Waals surface area (Å²) < 4.78 is 45.9. The van der Waals surface area contributed by atoms with Crippen molar-refractivity contribution in [3.63, 3.8) is 0 Å². The van der Waals surface area contributed by atoms with Gasteiger partial charge in [-0.3, -0.25) is 0 Å². The fourth-order valence-electron chi connectivity index (χ4n) is 4.99. The van der Waals surface area contributed by atoms with Gasteiger partial charge in [0, 0.05) is 24.8 Å². The van der Waals surface area contributed by atoms with Gasteiger partial charge in [-0.25, -0.2) is 4.98 Å². The summed E-state index contributed by atoms with van der Waals surface area (Å²) in [6.45, 7) is 4.90. The van der Waals surface area contributed by atoms with Crippen LogP contribution in [0, 0.1) is 12.8 Å². The van der Waals surface area contributed by atoms with Gasteiger partial charge in [0.2, 0.25) is 5.82 Å². The molecule has 0 radical (unpaired) electrons. The standard InChI is InChI=1S/C23H26F3N5OS/c1-15-19(32-14-27-15)20-28-29-21(30(20)2)33-11-3-9-31-10-8-22(12-18(22)13-31)16-4-6-17(7-5-16)23(24,25)26/h4-7,14,18H,3,8-13H2,1-2H3/t18-,22-/m1/s1. The zero-order valence-electron chi connectivity index (χ0n) is 18.6. The second-order valence-corrected chi connectivity index (χ2v) is 10.1. The third-order valence-corrected chi connectivity index (χ3v) is 8.11. The van der Waals surface area contributed by atoms with E-state index in [1.165, 1.54) is 18.5 Å². The number of thioether (sulfide) groups is 1. The van der Waals surface area contributed by atoms with Crippen LogP contribution < -0.4 is 0 Å². The van der Waals surface area contributed by atoms with Gasteiger partial charge in [0.05, 0.1) is 11.3 Å². The number of halogens is 3. The summed E-state index contributed by atoms with van der Waals surface area (Å²) in [5, 5.41) is 9.38. The minimum Gasteiger partial charge on any atom is -0.440 e. The number of oxazole rings is 1. The Bertz CT molecular complexity index is 1130. The number of rotatable bonds is 7. The minimum atomic E-state index is -4.28. The number of nitrogens with zero attached hydrogens (tertiary/aromatic N) is 5. The summed E-state index contributed by atoms with van der Waals surface area (Å²) in [5.41, 5.74) is 1.37. The first-order valence-electron chi connectivity index (χ1n) is 11.1. The highest BCUT2D eigenvalue weighted by Gasteiger charge is 2.57. The summed E-state index contributed by atoms with van der Waals surface area (Å²) in [6, 6.07) is 5.82. The fraction of sp³-hybridized carbons (Fsp3) is 0.522. The van der Waals surface area contributed by atoms with Gasteiger partial charge in [0.25, 0.3) is 0 Å². The van der Waals surface area contributed by atoms with E-state index >= 15 is 0 Å². The number of aryl methyl sites for hydroxylation is 1. The van der Waals surface area contributed by atoms with E-state index in [-0.39, 0.29) is 5.41 Å². The lowest BCUT2D eigenvalue weighted by atomic mass is 9.86. The molecule has 0 N–H and O–H groups in total. The Kier molecular flexibility index (Phi) is 5.76. The topological polar surface area (TPSA) is 60.0 Å². The summed E-state index contributed by atoms with van der Waals surface area (Å²) in [7, 11) is 1.93. The van der Waals surface area contributed by atoms with Gasteiger partial charge in [-0.15, -0.1) is 10.2 Å². The molecule has 176 valence electrons. The SMILES string of the molecule is Cc1ncoc1-c1nnc(SCCCN2CC[C@]3(c4ccc(C(F)(F)F)cc4)C[C@@H]3C2)n1C. The number of likely N-dealkylation sites (tertiary alicyclic amines) is 1. The normalized spacial score (nSPS) is 23.0. The van der Waals surface area contributed by atoms with Crippen LogP contribution in [0.3, 0.4) is 0 Å². The van der Waals surface area contributed by atoms with Crippen molar-refractivity contribution in [1.29, 1.82) is 0 Å². The van der Waals surface area contributed by atoms with E-state index < -0.39 is 11.7 Å². The fourth-order valence-corrected chi connectivity index (χ4v) is 5.82. The zero-order chi connectivity index (χ0) is 23.2. The summed E-state index contributed by atoms with van der Waals surface area (Å²) in [4.78, 5) is 6.60. The van der Waals surface area contributed by atoms with Crippen LogP contribution in [0.5, 0.6) is 0 Å². The van der Waals surface area contributed by atoms with Crippen molar-refractivity contribution in [3.8, 4) is 11.6 Å². The maximum atomic E-state index is 12.9. The first-order chi connectivity index (χ1) is 15.8. The van der Waals surface area contributed by atoms with Crippen LogP contribution >= 0.6 is 11.8 Å². The Labute approximate surface area is 194 Å². The van der Waals surface area contributed by atoms with Crippen molar-refractivity contribution in [2.24, 2.45) is 13.0 Å². The molecule has 1 aromatic carbocycles. The average Bonchev–Trinajstić information content (AvgIpc) is 3.21. The maximum absolute atomic E-state index is 12.9. The number of alkyl halides is 3. The molecule has 33 heavy (non-hydrogen) atoms. The average molecular weight is 478 g/mol. The molecule has 1 aliphatic carbocycles. The second-order valence-electron chi connectivity index (χ2n) is 9.02. The Morgan fingerprint density at radius 1 is 1.21 bits per heavy atom. The van der Waals surface area contributed by atoms with Gasteiger partial charge >= 0.3 is 6.18 Å². The molecule has 0 amide bonds. The number of hydrogen-bond acceptors (Lipinski definition) is 6. The van der Waals surface area contributed by atoms with Crippen LogP contribution in [0.2, 0.25) is 0 Å².